The molecule has 0 rings (SSSR count). The highest BCUT2D eigenvalue weighted by atomic mass is 31.2. The third-order valence-electron chi connectivity index (χ3n) is 13.4. The van der Waals surface area contributed by atoms with Crippen molar-refractivity contribution in [2.45, 2.75) is 303 Å². The smallest absolute Gasteiger partial charge is 0.462 e. The first-order valence-corrected chi connectivity index (χ1v) is 32.7. The molecule has 0 aliphatic rings. The Kier molecular flexibility index (Phi) is 56.2. The molecule has 3 unspecified atom stereocenters. The molecule has 0 spiro atoms. The first-order chi connectivity index (χ1) is 37.2. The van der Waals surface area contributed by atoms with E-state index in [0.717, 1.165) is 122 Å². The van der Waals surface area contributed by atoms with Crippen molar-refractivity contribution >= 4 is 25.7 Å². The van der Waals surface area contributed by atoms with Crippen LogP contribution in [-0.4, -0.2) is 66.5 Å². The molecule has 0 fully saturated rings. The minimum atomic E-state index is -4.75. The van der Waals surface area contributed by atoms with Crippen LogP contribution < -0.4 is 0 Å². The second-order valence-electron chi connectivity index (χ2n) is 20.8. The predicted molar refractivity (Wildman–Crippen MR) is 316 cm³/mol. The van der Waals surface area contributed by atoms with E-state index in [1.807, 2.05) is 0 Å². The summed E-state index contributed by atoms with van der Waals surface area (Å²) in [6, 6.07) is 0. The molecule has 0 bridgehead atoms. The van der Waals surface area contributed by atoms with Crippen LogP contribution in [0.5, 0.6) is 0 Å². The van der Waals surface area contributed by atoms with Crippen LogP contribution in [0.1, 0.15) is 290 Å². The lowest BCUT2D eigenvalue weighted by molar-refractivity contribution is -0.161. The molecule has 0 aliphatic heterocycles. The SMILES string of the molecule is CC/C=C\C/C=C\C/C=C\C/C=C\CCCCCCCCC(=O)OCC(COP(=O)(O)OCC(CO)OC(=O)CCCCCCCCCCCCCCCCC)OC(=O)CCCCCCC/C=C\CCCCCCCC. The molecule has 0 radical (unpaired) electrons. The van der Waals surface area contributed by atoms with Crippen molar-refractivity contribution < 1.29 is 52.2 Å². The number of carbonyl (C=O) groups is 3. The van der Waals surface area contributed by atoms with Crippen LogP contribution in [0.2, 0.25) is 0 Å². The highest BCUT2D eigenvalue weighted by Crippen LogP contribution is 2.43. The molecular weight excluding hydrogens is 976 g/mol. The zero-order chi connectivity index (χ0) is 55.5. The Balaban J connectivity index is 4.71. The van der Waals surface area contributed by atoms with Gasteiger partial charge in [-0.2, -0.15) is 0 Å². The lowest BCUT2D eigenvalue weighted by Crippen LogP contribution is -2.30. The summed E-state index contributed by atoms with van der Waals surface area (Å²) >= 11 is 0. The molecule has 0 aromatic carbocycles. The summed E-state index contributed by atoms with van der Waals surface area (Å²) in [5.41, 5.74) is 0. The van der Waals surface area contributed by atoms with E-state index in [1.165, 1.54) is 109 Å². The molecule has 76 heavy (non-hydrogen) atoms. The molecule has 0 heterocycles. The van der Waals surface area contributed by atoms with Crippen LogP contribution >= 0.6 is 7.82 Å². The molecule has 0 aromatic heterocycles. The first kappa shape index (κ1) is 73.2. The largest absolute Gasteiger partial charge is 0.472 e. The number of phosphoric acid groups is 1. The molecule has 0 aromatic rings. The number of aliphatic hydroxyl groups excluding tert-OH is 1. The van der Waals surface area contributed by atoms with Crippen molar-refractivity contribution in [1.82, 2.24) is 0 Å². The van der Waals surface area contributed by atoms with Gasteiger partial charge in [-0.3, -0.25) is 23.4 Å². The number of phosphoric ester groups is 1. The molecule has 2 N–H and O–H groups in total. The number of aliphatic hydroxyl groups is 1. The fraction of sp³-hybridized carbons (Fsp3) is 0.797. The van der Waals surface area contributed by atoms with Crippen molar-refractivity contribution in [2.75, 3.05) is 26.4 Å². The van der Waals surface area contributed by atoms with E-state index in [-0.39, 0.29) is 25.9 Å². The lowest BCUT2D eigenvalue weighted by Gasteiger charge is -2.21. The van der Waals surface area contributed by atoms with Gasteiger partial charge in [0, 0.05) is 19.3 Å². The minimum Gasteiger partial charge on any atom is -0.462 e. The second kappa shape index (κ2) is 58.3. The summed E-state index contributed by atoms with van der Waals surface area (Å²) in [5, 5.41) is 9.84. The third kappa shape index (κ3) is 55.9. The van der Waals surface area contributed by atoms with E-state index in [4.69, 9.17) is 23.3 Å². The Morgan fingerprint density at radius 1 is 0.382 bits per heavy atom. The van der Waals surface area contributed by atoms with Gasteiger partial charge < -0.3 is 24.2 Å². The predicted octanol–water partition coefficient (Wildman–Crippen LogP) is 18.7. The molecule has 0 amide bonds. The standard InChI is InChI=1S/C64H115O11P/c1-4-7-10-13-16-19-22-25-28-29-30-31-34-35-38-41-44-47-50-53-62(66)71-57-61(75-64(68)55-52-49-46-43-40-37-33-27-24-21-18-15-12-9-6-3)59-73-76(69,70)72-58-60(56-65)74-63(67)54-51-48-45-42-39-36-32-26-23-20-17-14-11-8-5-2/h7,10,16,19,25,27-28,30-31,33,60-61,65H,4-6,8-9,11-15,17-18,20-24,26,29,32,34-59H2,1-3H3,(H,69,70)/b10-7-,19-16-,28-25-,31-30-,33-27-. The number of unbranched alkanes of at least 4 members (excludes halogenated alkanes) is 31. The van der Waals surface area contributed by atoms with Crippen LogP contribution in [0.3, 0.4) is 0 Å². The summed E-state index contributed by atoms with van der Waals surface area (Å²) in [7, 11) is -4.75. The van der Waals surface area contributed by atoms with Crippen molar-refractivity contribution in [3.8, 4) is 0 Å². The first-order valence-electron chi connectivity index (χ1n) is 31.2. The number of allylic oxidation sites excluding steroid dienone is 10. The zero-order valence-electron chi connectivity index (χ0n) is 49.0. The Morgan fingerprint density at radius 2 is 0.684 bits per heavy atom. The molecule has 3 atom stereocenters. The fourth-order valence-electron chi connectivity index (χ4n) is 8.70. The van der Waals surface area contributed by atoms with Gasteiger partial charge in [0.1, 0.15) is 12.7 Å². The van der Waals surface area contributed by atoms with E-state index in [2.05, 4.69) is 81.5 Å². The number of rotatable bonds is 58. The second-order valence-corrected chi connectivity index (χ2v) is 22.3. The van der Waals surface area contributed by atoms with Gasteiger partial charge in [0.2, 0.25) is 0 Å². The van der Waals surface area contributed by atoms with Crippen LogP contribution in [0.25, 0.3) is 0 Å². The molecule has 0 aliphatic carbocycles. The van der Waals surface area contributed by atoms with Crippen LogP contribution in [0, 0.1) is 0 Å². The van der Waals surface area contributed by atoms with Crippen molar-refractivity contribution in [3.05, 3.63) is 60.8 Å². The number of hydrogen-bond acceptors (Lipinski definition) is 10. The molecule has 442 valence electrons. The molecule has 0 saturated heterocycles. The number of esters is 3. The summed E-state index contributed by atoms with van der Waals surface area (Å²) in [4.78, 5) is 48.7. The summed E-state index contributed by atoms with van der Waals surface area (Å²) in [6.07, 6.45) is 64.5. The number of hydrogen-bond donors (Lipinski definition) is 2. The van der Waals surface area contributed by atoms with Gasteiger partial charge in [0.25, 0.3) is 0 Å². The monoisotopic (exact) mass is 1090 g/mol. The van der Waals surface area contributed by atoms with Crippen LogP contribution in [0.4, 0.5) is 0 Å². The Labute approximate surface area is 465 Å². The van der Waals surface area contributed by atoms with Gasteiger partial charge in [-0.25, -0.2) is 4.57 Å². The van der Waals surface area contributed by atoms with E-state index in [9.17, 15) is 28.9 Å². The summed E-state index contributed by atoms with van der Waals surface area (Å²) in [5.74, 6) is -1.48. The minimum absolute atomic E-state index is 0.155. The average molecular weight is 1090 g/mol. The average Bonchev–Trinajstić information content (AvgIpc) is 3.41. The van der Waals surface area contributed by atoms with Gasteiger partial charge >= 0.3 is 25.7 Å². The normalized spacial score (nSPS) is 13.7. The van der Waals surface area contributed by atoms with Crippen molar-refractivity contribution in [3.63, 3.8) is 0 Å². The summed E-state index contributed by atoms with van der Waals surface area (Å²) in [6.45, 7) is 4.55. The van der Waals surface area contributed by atoms with Crippen LogP contribution in [0.15, 0.2) is 60.8 Å². The van der Waals surface area contributed by atoms with Gasteiger partial charge in [0.05, 0.1) is 19.8 Å². The zero-order valence-corrected chi connectivity index (χ0v) is 49.9. The third-order valence-corrected chi connectivity index (χ3v) is 14.4. The number of carbonyl (C=O) groups excluding carboxylic acids is 3. The highest BCUT2D eigenvalue weighted by Gasteiger charge is 2.28. The van der Waals surface area contributed by atoms with Crippen LogP contribution in [-0.2, 0) is 42.2 Å². The quantitative estimate of drug-likeness (QED) is 0.0197. The van der Waals surface area contributed by atoms with Gasteiger partial charge in [0.15, 0.2) is 6.10 Å². The summed E-state index contributed by atoms with van der Waals surface area (Å²) < 4.78 is 39.6. The van der Waals surface area contributed by atoms with E-state index in [1.54, 1.807) is 0 Å². The highest BCUT2D eigenvalue weighted by molar-refractivity contribution is 7.47. The van der Waals surface area contributed by atoms with E-state index < -0.39 is 57.8 Å². The Bertz CT molecular complexity index is 1510. The molecule has 12 heteroatoms. The molecular formula is C64H115O11P. The fourth-order valence-corrected chi connectivity index (χ4v) is 9.48. The van der Waals surface area contributed by atoms with Crippen molar-refractivity contribution in [1.29, 1.82) is 0 Å². The van der Waals surface area contributed by atoms with E-state index in [0.29, 0.717) is 19.3 Å². The molecule has 0 saturated carbocycles. The topological polar surface area (TPSA) is 155 Å². The Morgan fingerprint density at radius 3 is 1.07 bits per heavy atom. The lowest BCUT2D eigenvalue weighted by atomic mass is 10.0. The van der Waals surface area contributed by atoms with Gasteiger partial charge in [-0.05, 0) is 83.5 Å². The van der Waals surface area contributed by atoms with Gasteiger partial charge in [-0.15, -0.1) is 0 Å². The van der Waals surface area contributed by atoms with Crippen molar-refractivity contribution in [2.24, 2.45) is 0 Å². The maximum Gasteiger partial charge on any atom is 0.472 e. The van der Waals surface area contributed by atoms with E-state index >= 15 is 0 Å². The number of ether oxygens (including phenoxy) is 3. The molecule has 11 nitrogen and oxygen atoms in total. The van der Waals surface area contributed by atoms with Gasteiger partial charge in [-0.1, -0.05) is 248 Å². The maximum atomic E-state index is 12.9. The maximum absolute atomic E-state index is 12.9. The Hall–Kier alpha value is -2.82.